The largest absolute Gasteiger partial charge is 0.336 e. The van der Waals surface area contributed by atoms with Crippen LogP contribution >= 0.6 is 11.3 Å². The van der Waals surface area contributed by atoms with Gasteiger partial charge in [-0.3, -0.25) is 14.2 Å². The smallest absolute Gasteiger partial charge is 0.322 e. The summed E-state index contributed by atoms with van der Waals surface area (Å²) in [6.45, 7) is 3.30. The summed E-state index contributed by atoms with van der Waals surface area (Å²) in [4.78, 5) is 38.8. The Morgan fingerprint density at radius 1 is 1.03 bits per heavy atom. The van der Waals surface area contributed by atoms with E-state index in [0.29, 0.717) is 15.9 Å². The number of thiophene rings is 1. The highest BCUT2D eigenvalue weighted by molar-refractivity contribution is 7.17. The Kier molecular flexibility index (Phi) is 5.28. The molecule has 0 radical (unpaired) electrons. The zero-order chi connectivity index (χ0) is 22.3. The Hall–Kier alpha value is -3.59. The van der Waals surface area contributed by atoms with Crippen molar-refractivity contribution < 1.29 is 13.6 Å². The molecule has 4 aromatic rings. The highest BCUT2D eigenvalue weighted by Gasteiger charge is 2.18. The second kappa shape index (κ2) is 7.92. The molecule has 0 spiro atoms. The van der Waals surface area contributed by atoms with Crippen molar-refractivity contribution in [1.29, 1.82) is 0 Å². The summed E-state index contributed by atoms with van der Waals surface area (Å²) in [5.74, 6) is -2.25. The third-order valence-electron chi connectivity index (χ3n) is 5.01. The third kappa shape index (κ3) is 3.79. The molecule has 0 saturated heterocycles. The second-order valence-electron chi connectivity index (χ2n) is 7.09. The standard InChI is InChI=1S/C22H17F2N3O3S/c1-12-3-5-15(9-13(12)2)27-21(29)20-18(7-8-31-20)26(22(27)30)11-19(28)25-17-10-14(23)4-6-16(17)24/h3-10H,11H2,1-2H3,(H,25,28). The van der Waals surface area contributed by atoms with Crippen LogP contribution in [0.2, 0.25) is 0 Å². The number of amides is 1. The molecule has 0 aliphatic rings. The van der Waals surface area contributed by atoms with Crippen molar-refractivity contribution in [1.82, 2.24) is 9.13 Å². The van der Waals surface area contributed by atoms with E-state index in [1.165, 1.54) is 0 Å². The first kappa shape index (κ1) is 20.7. The summed E-state index contributed by atoms with van der Waals surface area (Å²) in [5, 5.41) is 3.93. The molecule has 1 amide bonds. The number of aromatic nitrogens is 2. The third-order valence-corrected chi connectivity index (χ3v) is 5.90. The Morgan fingerprint density at radius 3 is 2.55 bits per heavy atom. The van der Waals surface area contributed by atoms with Gasteiger partial charge in [-0.25, -0.2) is 18.1 Å². The number of carbonyl (C=O) groups is 1. The van der Waals surface area contributed by atoms with Crippen molar-refractivity contribution in [2.24, 2.45) is 0 Å². The van der Waals surface area contributed by atoms with E-state index in [1.54, 1.807) is 29.6 Å². The molecule has 2 aromatic carbocycles. The van der Waals surface area contributed by atoms with Crippen molar-refractivity contribution in [2.45, 2.75) is 20.4 Å². The predicted octanol–water partition coefficient (Wildman–Crippen LogP) is 3.75. The lowest BCUT2D eigenvalue weighted by atomic mass is 10.1. The van der Waals surface area contributed by atoms with E-state index in [9.17, 15) is 23.2 Å². The first-order valence-corrected chi connectivity index (χ1v) is 10.2. The molecule has 2 aromatic heterocycles. The lowest BCUT2D eigenvalue weighted by Crippen LogP contribution is -2.40. The van der Waals surface area contributed by atoms with Gasteiger partial charge in [0.2, 0.25) is 5.91 Å². The van der Waals surface area contributed by atoms with E-state index in [2.05, 4.69) is 5.32 Å². The quantitative estimate of drug-likeness (QED) is 0.524. The highest BCUT2D eigenvalue weighted by atomic mass is 32.1. The molecule has 0 atom stereocenters. The molecular formula is C22H17F2N3O3S. The Bertz CT molecular complexity index is 1450. The minimum Gasteiger partial charge on any atom is -0.322 e. The maximum absolute atomic E-state index is 13.9. The number of hydrogen-bond acceptors (Lipinski definition) is 4. The molecule has 4 rings (SSSR count). The first-order valence-electron chi connectivity index (χ1n) is 9.32. The van der Waals surface area contributed by atoms with Gasteiger partial charge in [-0.1, -0.05) is 6.07 Å². The molecule has 0 aliphatic heterocycles. The predicted molar refractivity (Wildman–Crippen MR) is 116 cm³/mol. The van der Waals surface area contributed by atoms with Gasteiger partial charge in [-0.15, -0.1) is 11.3 Å². The van der Waals surface area contributed by atoms with Crippen LogP contribution in [-0.4, -0.2) is 15.0 Å². The fraction of sp³-hybridized carbons (Fsp3) is 0.136. The molecule has 2 heterocycles. The van der Waals surface area contributed by atoms with Gasteiger partial charge in [0, 0.05) is 6.07 Å². The molecule has 0 unspecified atom stereocenters. The number of nitrogens with one attached hydrogen (secondary N) is 1. The zero-order valence-corrected chi connectivity index (χ0v) is 17.4. The van der Waals surface area contributed by atoms with E-state index in [4.69, 9.17) is 0 Å². The summed E-state index contributed by atoms with van der Waals surface area (Å²) in [6, 6.07) is 9.45. The number of anilines is 1. The van der Waals surface area contributed by atoms with Crippen LogP contribution in [0.4, 0.5) is 14.5 Å². The average Bonchev–Trinajstić information content (AvgIpc) is 3.21. The van der Waals surface area contributed by atoms with Gasteiger partial charge >= 0.3 is 5.69 Å². The lowest BCUT2D eigenvalue weighted by molar-refractivity contribution is -0.116. The number of fused-ring (bicyclic) bond motifs is 1. The van der Waals surface area contributed by atoms with Gasteiger partial charge in [0.25, 0.3) is 5.56 Å². The summed E-state index contributed by atoms with van der Waals surface area (Å²) in [6.07, 6.45) is 0. The molecule has 1 N–H and O–H groups in total. The number of nitrogens with zero attached hydrogens (tertiary/aromatic N) is 2. The molecular weight excluding hydrogens is 424 g/mol. The zero-order valence-electron chi connectivity index (χ0n) is 16.6. The van der Waals surface area contributed by atoms with Gasteiger partial charge in [-0.2, -0.15) is 0 Å². The number of rotatable bonds is 4. The topological polar surface area (TPSA) is 73.1 Å². The average molecular weight is 441 g/mol. The van der Waals surface area contributed by atoms with Gasteiger partial charge < -0.3 is 5.32 Å². The Morgan fingerprint density at radius 2 is 1.81 bits per heavy atom. The van der Waals surface area contributed by atoms with Crippen LogP contribution in [0.5, 0.6) is 0 Å². The molecule has 158 valence electrons. The number of hydrogen-bond donors (Lipinski definition) is 1. The van der Waals surface area contributed by atoms with Crippen LogP contribution in [0.3, 0.4) is 0 Å². The van der Waals surface area contributed by atoms with Crippen molar-refractivity contribution in [3.8, 4) is 5.69 Å². The van der Waals surface area contributed by atoms with E-state index in [1.807, 2.05) is 13.8 Å². The summed E-state index contributed by atoms with van der Waals surface area (Å²) in [5.41, 5.74) is 1.09. The molecule has 0 bridgehead atoms. The minimum atomic E-state index is -0.803. The maximum atomic E-state index is 13.9. The Balaban J connectivity index is 1.81. The van der Waals surface area contributed by atoms with E-state index >= 15 is 0 Å². The number of aryl methyl sites for hydroxylation is 2. The highest BCUT2D eigenvalue weighted by Crippen LogP contribution is 2.19. The van der Waals surface area contributed by atoms with Crippen LogP contribution in [0.15, 0.2) is 57.4 Å². The van der Waals surface area contributed by atoms with Gasteiger partial charge in [0.15, 0.2) is 0 Å². The molecule has 9 heteroatoms. The molecule has 6 nitrogen and oxygen atoms in total. The van der Waals surface area contributed by atoms with Crippen LogP contribution in [0.1, 0.15) is 11.1 Å². The van der Waals surface area contributed by atoms with Crippen molar-refractivity contribution in [3.05, 3.63) is 91.4 Å². The number of benzene rings is 2. The Labute approximate surface area is 179 Å². The van der Waals surface area contributed by atoms with E-state index in [0.717, 1.165) is 49.8 Å². The summed E-state index contributed by atoms with van der Waals surface area (Å²) < 4.78 is 29.7. The summed E-state index contributed by atoms with van der Waals surface area (Å²) in [7, 11) is 0. The SMILES string of the molecule is Cc1ccc(-n2c(=O)c3sccc3n(CC(=O)Nc3cc(F)ccc3F)c2=O)cc1C. The monoisotopic (exact) mass is 441 g/mol. The molecule has 0 saturated carbocycles. The number of halogens is 2. The fourth-order valence-corrected chi connectivity index (χ4v) is 4.08. The van der Waals surface area contributed by atoms with E-state index in [-0.39, 0.29) is 5.69 Å². The van der Waals surface area contributed by atoms with E-state index < -0.39 is 35.3 Å². The van der Waals surface area contributed by atoms with Gasteiger partial charge in [0.1, 0.15) is 22.9 Å². The molecule has 31 heavy (non-hydrogen) atoms. The van der Waals surface area contributed by atoms with Crippen LogP contribution in [0, 0.1) is 25.5 Å². The van der Waals surface area contributed by atoms with Gasteiger partial charge in [-0.05, 0) is 60.7 Å². The second-order valence-corrected chi connectivity index (χ2v) is 8.00. The number of carbonyl (C=O) groups excluding carboxylic acids is 1. The van der Waals surface area contributed by atoms with Crippen molar-refractivity contribution in [3.63, 3.8) is 0 Å². The normalized spacial score (nSPS) is 11.1. The molecule has 0 fully saturated rings. The lowest BCUT2D eigenvalue weighted by Gasteiger charge is -2.13. The van der Waals surface area contributed by atoms with Crippen LogP contribution in [0.25, 0.3) is 15.9 Å². The van der Waals surface area contributed by atoms with Crippen molar-refractivity contribution in [2.75, 3.05) is 5.32 Å². The molecule has 0 aliphatic carbocycles. The summed E-state index contributed by atoms with van der Waals surface area (Å²) >= 11 is 1.15. The minimum absolute atomic E-state index is 0.301. The first-order chi connectivity index (χ1) is 14.8. The van der Waals surface area contributed by atoms with Gasteiger partial charge in [0.05, 0.1) is 16.9 Å². The maximum Gasteiger partial charge on any atom is 0.336 e. The van der Waals surface area contributed by atoms with Crippen LogP contribution in [-0.2, 0) is 11.3 Å². The fourth-order valence-electron chi connectivity index (χ4n) is 3.26. The van der Waals surface area contributed by atoms with Crippen molar-refractivity contribution >= 4 is 33.1 Å². The van der Waals surface area contributed by atoms with Crippen LogP contribution < -0.4 is 16.6 Å².